The number of ether oxygens (including phenoxy) is 3. The van der Waals surface area contributed by atoms with Crippen LogP contribution in [-0.2, 0) is 16.0 Å². The lowest BCUT2D eigenvalue weighted by Gasteiger charge is -2.45. The molecule has 0 aromatic heterocycles. The third kappa shape index (κ3) is 4.51. The number of carbonyl (C=O) groups excluding carboxylic acids is 1. The van der Waals surface area contributed by atoms with Gasteiger partial charge in [-0.25, -0.2) is 4.79 Å². The van der Waals surface area contributed by atoms with Crippen molar-refractivity contribution < 1.29 is 44.5 Å². The lowest BCUT2D eigenvalue weighted by Crippen LogP contribution is -2.58. The highest BCUT2D eigenvalue weighted by Gasteiger charge is 2.53. The Labute approximate surface area is 228 Å². The second kappa shape index (κ2) is 10.6. The Morgan fingerprint density at radius 1 is 1.05 bits per heavy atom. The molecule has 2 aromatic rings. The summed E-state index contributed by atoms with van der Waals surface area (Å²) < 4.78 is 16.5. The monoisotopic (exact) mass is 570 g/mol. The van der Waals surface area contributed by atoms with Crippen LogP contribution in [-0.4, -0.2) is 101 Å². The molecule has 2 aromatic carbocycles. The molecule has 2 saturated heterocycles. The lowest BCUT2D eigenvalue weighted by molar-refractivity contribution is -0.235. The van der Waals surface area contributed by atoms with Gasteiger partial charge in [0.2, 0.25) is 5.75 Å². The highest BCUT2D eigenvalue weighted by molar-refractivity contribution is 6.42. The number of fused-ring (bicyclic) bond motifs is 3. The summed E-state index contributed by atoms with van der Waals surface area (Å²) in [5.41, 5.74) is 0.962. The van der Waals surface area contributed by atoms with Crippen LogP contribution in [0.2, 0.25) is 10.0 Å². The van der Waals surface area contributed by atoms with Gasteiger partial charge in [0.25, 0.3) is 0 Å². The van der Waals surface area contributed by atoms with Gasteiger partial charge in [0.1, 0.15) is 24.4 Å². The highest BCUT2D eigenvalue weighted by atomic mass is 35.5. The Hall–Kier alpha value is -2.51. The molecule has 0 radical (unpaired) electrons. The van der Waals surface area contributed by atoms with Gasteiger partial charge in [-0.05, 0) is 18.2 Å². The first kappa shape index (κ1) is 27.1. The normalized spacial score (nSPS) is 27.5. The van der Waals surface area contributed by atoms with Crippen LogP contribution in [0.25, 0.3) is 0 Å². The molecule has 3 aliphatic heterocycles. The van der Waals surface area contributed by atoms with Crippen molar-refractivity contribution in [2.24, 2.45) is 0 Å². The van der Waals surface area contributed by atoms with Crippen molar-refractivity contribution in [2.45, 2.75) is 37.1 Å². The fraction of sp³-hybridized carbons (Fsp3) is 0.480. The molecule has 3 aliphatic rings. The molecule has 5 N–H and O–H groups in total. The summed E-state index contributed by atoms with van der Waals surface area (Å²) in [7, 11) is 1.26. The van der Waals surface area contributed by atoms with E-state index < -0.39 is 54.6 Å². The maximum Gasteiger partial charge on any atom is 0.339 e. The number of rotatable bonds is 5. The number of aliphatic hydroxyl groups excluding tert-OH is 3. The van der Waals surface area contributed by atoms with Gasteiger partial charge in [-0.3, -0.25) is 4.90 Å². The van der Waals surface area contributed by atoms with Crippen LogP contribution in [0, 0.1) is 0 Å². The second-order valence-electron chi connectivity index (χ2n) is 9.49. The highest BCUT2D eigenvalue weighted by Crippen LogP contribution is 2.52. The van der Waals surface area contributed by atoms with Gasteiger partial charge in [0.15, 0.2) is 17.6 Å². The molecule has 5 rings (SSSR count). The van der Waals surface area contributed by atoms with Gasteiger partial charge in [-0.15, -0.1) is 0 Å². The zero-order valence-electron chi connectivity index (χ0n) is 20.4. The molecule has 5 atom stereocenters. The van der Waals surface area contributed by atoms with Crippen molar-refractivity contribution in [3.05, 3.63) is 44.9 Å². The molecule has 0 saturated carbocycles. The molecule has 3 heterocycles. The van der Waals surface area contributed by atoms with E-state index in [1.165, 1.54) is 7.11 Å². The summed E-state index contributed by atoms with van der Waals surface area (Å²) in [5.74, 6) is -2.11. The fourth-order valence-electron chi connectivity index (χ4n) is 5.33. The zero-order chi connectivity index (χ0) is 27.3. The maximum atomic E-state index is 13.2. The number of hydrogen-bond donors (Lipinski definition) is 5. The maximum absolute atomic E-state index is 13.2. The third-order valence-corrected chi connectivity index (χ3v) is 8.11. The van der Waals surface area contributed by atoms with E-state index in [9.17, 15) is 30.3 Å². The molecule has 0 aliphatic carbocycles. The SMILES string of the molecule is COc1c(O)c(CN2CCN(c3ccc(Cl)c(Cl)c3)CC2)c2c(c1O)C1OC(CO)C(O)C(O)C1OC2=O. The zero-order valence-corrected chi connectivity index (χ0v) is 21.9. The number of phenols is 2. The number of hydrogen-bond acceptors (Lipinski definition) is 11. The topological polar surface area (TPSA) is 152 Å². The molecule has 206 valence electrons. The van der Waals surface area contributed by atoms with Crippen molar-refractivity contribution in [3.63, 3.8) is 0 Å². The number of nitrogens with zero attached hydrogens (tertiary/aromatic N) is 2. The predicted molar refractivity (Wildman–Crippen MR) is 136 cm³/mol. The van der Waals surface area contributed by atoms with Gasteiger partial charge >= 0.3 is 5.97 Å². The van der Waals surface area contributed by atoms with Crippen LogP contribution in [0.15, 0.2) is 18.2 Å². The molecular formula is C25H28Cl2N2O9. The van der Waals surface area contributed by atoms with E-state index in [2.05, 4.69) is 4.90 Å². The number of carbonyl (C=O) groups is 1. The summed E-state index contributed by atoms with van der Waals surface area (Å²) in [5, 5.41) is 53.4. The Balaban J connectivity index is 1.46. The molecule has 11 nitrogen and oxygen atoms in total. The molecule has 0 amide bonds. The molecule has 0 bridgehead atoms. The number of piperazine rings is 1. The number of esters is 1. The number of anilines is 1. The van der Waals surface area contributed by atoms with Crippen molar-refractivity contribution in [1.82, 2.24) is 4.90 Å². The average Bonchev–Trinajstić information content (AvgIpc) is 2.91. The van der Waals surface area contributed by atoms with E-state index in [4.69, 9.17) is 37.4 Å². The quantitative estimate of drug-likeness (QED) is 0.332. The number of phenolic OH excluding ortho intramolecular Hbond substituents is 2. The van der Waals surface area contributed by atoms with Crippen LogP contribution in [0.4, 0.5) is 5.69 Å². The molecule has 13 heteroatoms. The van der Waals surface area contributed by atoms with Crippen LogP contribution >= 0.6 is 23.2 Å². The summed E-state index contributed by atoms with van der Waals surface area (Å²) >= 11 is 12.2. The minimum absolute atomic E-state index is 0.0326. The van der Waals surface area contributed by atoms with Crippen LogP contribution < -0.4 is 9.64 Å². The number of aromatic hydroxyl groups is 2. The van der Waals surface area contributed by atoms with E-state index in [0.717, 1.165) is 5.69 Å². The molecular weight excluding hydrogens is 543 g/mol. The number of benzene rings is 2. The first-order valence-corrected chi connectivity index (χ1v) is 12.8. The summed E-state index contributed by atoms with van der Waals surface area (Å²) in [4.78, 5) is 17.3. The van der Waals surface area contributed by atoms with Crippen molar-refractivity contribution in [3.8, 4) is 17.2 Å². The van der Waals surface area contributed by atoms with Gasteiger partial charge in [0.05, 0.1) is 29.3 Å². The van der Waals surface area contributed by atoms with E-state index in [1.807, 2.05) is 11.0 Å². The van der Waals surface area contributed by atoms with Gasteiger partial charge in [-0.2, -0.15) is 0 Å². The first-order chi connectivity index (χ1) is 18.2. The fourth-order valence-corrected chi connectivity index (χ4v) is 5.63. The van der Waals surface area contributed by atoms with E-state index in [0.29, 0.717) is 36.2 Å². The lowest BCUT2D eigenvalue weighted by atomic mass is 9.84. The second-order valence-corrected chi connectivity index (χ2v) is 10.3. The summed E-state index contributed by atoms with van der Waals surface area (Å²) in [6.45, 7) is 1.94. The molecule has 38 heavy (non-hydrogen) atoms. The van der Waals surface area contributed by atoms with Gasteiger partial charge in [-0.1, -0.05) is 23.2 Å². The van der Waals surface area contributed by atoms with E-state index >= 15 is 0 Å². The Kier molecular flexibility index (Phi) is 7.53. The number of methoxy groups -OCH3 is 1. The van der Waals surface area contributed by atoms with Crippen LogP contribution in [0.3, 0.4) is 0 Å². The minimum Gasteiger partial charge on any atom is -0.504 e. The Morgan fingerprint density at radius 2 is 1.76 bits per heavy atom. The molecule has 5 unspecified atom stereocenters. The number of aliphatic hydroxyl groups is 3. The minimum atomic E-state index is -1.57. The molecule has 0 spiro atoms. The van der Waals surface area contributed by atoms with Crippen LogP contribution in [0.5, 0.6) is 17.2 Å². The number of halogens is 2. The summed E-state index contributed by atoms with van der Waals surface area (Å²) in [6, 6.07) is 5.43. The van der Waals surface area contributed by atoms with E-state index in [1.54, 1.807) is 12.1 Å². The average molecular weight is 571 g/mol. The first-order valence-electron chi connectivity index (χ1n) is 12.1. The largest absolute Gasteiger partial charge is 0.504 e. The van der Waals surface area contributed by atoms with Gasteiger partial charge in [0, 0.05) is 49.5 Å². The molecule has 2 fully saturated rings. The Morgan fingerprint density at radius 3 is 2.39 bits per heavy atom. The van der Waals surface area contributed by atoms with E-state index in [-0.39, 0.29) is 29.0 Å². The van der Waals surface area contributed by atoms with Crippen molar-refractivity contribution in [2.75, 3.05) is 44.8 Å². The third-order valence-electron chi connectivity index (χ3n) is 7.37. The van der Waals surface area contributed by atoms with Gasteiger partial charge < -0.3 is 44.6 Å². The van der Waals surface area contributed by atoms with Crippen molar-refractivity contribution >= 4 is 34.9 Å². The summed E-state index contributed by atoms with van der Waals surface area (Å²) in [6.07, 6.45) is -6.82. The van der Waals surface area contributed by atoms with Crippen molar-refractivity contribution in [1.29, 1.82) is 0 Å². The smallest absolute Gasteiger partial charge is 0.339 e. The standard InChI is InChI=1S/C25H28Cl2N2O9/c1-36-23-18(31)12(9-28-4-6-29(7-5-28)11-2-3-13(26)14(27)8-11)16-17(20(23)33)22-24(38-25(16)35)21(34)19(32)15(10-30)37-22/h2-3,8,15,19,21-22,24,30-34H,4-7,9-10H2,1H3. The Bertz CT molecular complexity index is 1240. The van der Waals surface area contributed by atoms with Crippen LogP contribution in [0.1, 0.15) is 27.6 Å². The predicted octanol–water partition coefficient (Wildman–Crippen LogP) is 1.43.